The molecule has 4 nitrogen and oxygen atoms in total. The maximum Gasteiger partial charge on any atom is 0.292 e. The second-order valence-corrected chi connectivity index (χ2v) is 5.50. The van der Waals surface area contributed by atoms with Crippen molar-refractivity contribution in [2.75, 3.05) is 17.6 Å². The van der Waals surface area contributed by atoms with Gasteiger partial charge in [0.1, 0.15) is 5.69 Å². The molecule has 1 aromatic rings. The van der Waals surface area contributed by atoms with Crippen molar-refractivity contribution < 1.29 is 4.92 Å². The summed E-state index contributed by atoms with van der Waals surface area (Å²) < 4.78 is 0. The Bertz CT molecular complexity index is 410. The van der Waals surface area contributed by atoms with Crippen LogP contribution in [0.4, 0.5) is 11.4 Å². The molecule has 0 aliphatic carbocycles. The molecule has 0 saturated heterocycles. The number of benzene rings is 1. The molecule has 1 N–H and O–H groups in total. The van der Waals surface area contributed by atoms with E-state index in [4.69, 9.17) is 0 Å². The third-order valence-corrected chi connectivity index (χ3v) is 3.90. The van der Waals surface area contributed by atoms with Crippen molar-refractivity contribution in [3.63, 3.8) is 0 Å². The van der Waals surface area contributed by atoms with Gasteiger partial charge in [-0.3, -0.25) is 10.1 Å². The molecular formula is C14H22N2O2S. The average Bonchev–Trinajstić information content (AvgIpc) is 2.40. The van der Waals surface area contributed by atoms with Crippen molar-refractivity contribution in [2.24, 2.45) is 0 Å². The van der Waals surface area contributed by atoms with Gasteiger partial charge in [-0.15, -0.1) is 0 Å². The maximum absolute atomic E-state index is 11.0. The van der Waals surface area contributed by atoms with Gasteiger partial charge in [0.2, 0.25) is 0 Å². The van der Waals surface area contributed by atoms with Crippen LogP contribution in [-0.2, 0) is 5.75 Å². The summed E-state index contributed by atoms with van der Waals surface area (Å²) >= 11 is 1.84. The zero-order chi connectivity index (χ0) is 14.1. The summed E-state index contributed by atoms with van der Waals surface area (Å²) in [5.74, 6) is 1.97. The predicted octanol–water partition coefficient (Wildman–Crippen LogP) is 4.45. The van der Waals surface area contributed by atoms with E-state index < -0.39 is 0 Å². The standard InChI is InChI=1S/C14H22N2O2S/c1-3-5-6-9-19-11-12-7-8-13(15-4-2)14(10-12)16(17)18/h7-8,10,15H,3-6,9,11H2,1-2H3. The van der Waals surface area contributed by atoms with Gasteiger partial charge in [0, 0.05) is 18.4 Å². The van der Waals surface area contributed by atoms with E-state index in [-0.39, 0.29) is 10.6 Å². The van der Waals surface area contributed by atoms with E-state index in [1.165, 1.54) is 19.3 Å². The Morgan fingerprint density at radius 2 is 2.11 bits per heavy atom. The van der Waals surface area contributed by atoms with Crippen LogP contribution in [0.3, 0.4) is 0 Å². The van der Waals surface area contributed by atoms with E-state index in [0.29, 0.717) is 12.2 Å². The van der Waals surface area contributed by atoms with E-state index in [1.54, 1.807) is 6.07 Å². The van der Waals surface area contributed by atoms with Crippen LogP contribution in [0.1, 0.15) is 38.7 Å². The van der Waals surface area contributed by atoms with Gasteiger partial charge in [0.05, 0.1) is 4.92 Å². The molecule has 0 radical (unpaired) electrons. The largest absolute Gasteiger partial charge is 0.380 e. The molecule has 1 aromatic carbocycles. The van der Waals surface area contributed by atoms with Crippen LogP contribution < -0.4 is 5.32 Å². The van der Waals surface area contributed by atoms with E-state index in [1.807, 2.05) is 30.8 Å². The number of nitrogens with one attached hydrogen (secondary N) is 1. The molecular weight excluding hydrogens is 260 g/mol. The molecule has 0 aromatic heterocycles. The quantitative estimate of drug-likeness (QED) is 0.413. The summed E-state index contributed by atoms with van der Waals surface area (Å²) in [6, 6.07) is 5.46. The van der Waals surface area contributed by atoms with Gasteiger partial charge in [-0.05, 0) is 30.7 Å². The van der Waals surface area contributed by atoms with Crippen LogP contribution in [0.5, 0.6) is 0 Å². The minimum absolute atomic E-state index is 0.175. The van der Waals surface area contributed by atoms with E-state index in [0.717, 1.165) is 17.1 Å². The first kappa shape index (κ1) is 15.8. The summed E-state index contributed by atoms with van der Waals surface area (Å²) in [5.41, 5.74) is 1.80. The highest BCUT2D eigenvalue weighted by atomic mass is 32.2. The van der Waals surface area contributed by atoms with E-state index >= 15 is 0 Å². The van der Waals surface area contributed by atoms with Crippen LogP contribution in [0, 0.1) is 10.1 Å². The van der Waals surface area contributed by atoms with Crippen LogP contribution in [0.2, 0.25) is 0 Å². The Kier molecular flexibility index (Phi) is 7.33. The average molecular weight is 282 g/mol. The lowest BCUT2D eigenvalue weighted by atomic mass is 10.2. The number of hydrogen-bond donors (Lipinski definition) is 1. The second kappa shape index (κ2) is 8.80. The Hall–Kier alpha value is -1.23. The number of nitrogens with zero attached hydrogens (tertiary/aromatic N) is 1. The number of anilines is 1. The van der Waals surface area contributed by atoms with Gasteiger partial charge in [0.15, 0.2) is 0 Å². The molecule has 0 amide bonds. The summed E-state index contributed by atoms with van der Waals surface area (Å²) in [7, 11) is 0. The molecule has 0 heterocycles. The van der Waals surface area contributed by atoms with Gasteiger partial charge >= 0.3 is 0 Å². The van der Waals surface area contributed by atoms with Gasteiger partial charge < -0.3 is 5.32 Å². The number of nitro benzene ring substituents is 1. The lowest BCUT2D eigenvalue weighted by Gasteiger charge is -2.07. The summed E-state index contributed by atoms with van der Waals surface area (Å²) in [6.45, 7) is 4.81. The molecule has 106 valence electrons. The van der Waals surface area contributed by atoms with Crippen LogP contribution in [0.15, 0.2) is 18.2 Å². The third-order valence-electron chi connectivity index (χ3n) is 2.79. The number of unbranched alkanes of at least 4 members (excludes halogenated alkanes) is 2. The molecule has 0 aliphatic heterocycles. The maximum atomic E-state index is 11.0. The fraction of sp³-hybridized carbons (Fsp3) is 0.571. The highest BCUT2D eigenvalue weighted by Crippen LogP contribution is 2.27. The van der Waals surface area contributed by atoms with Gasteiger partial charge in [-0.1, -0.05) is 25.8 Å². The van der Waals surface area contributed by atoms with Crippen molar-refractivity contribution in [3.05, 3.63) is 33.9 Å². The van der Waals surface area contributed by atoms with Gasteiger partial charge in [-0.2, -0.15) is 11.8 Å². The van der Waals surface area contributed by atoms with Crippen LogP contribution >= 0.6 is 11.8 Å². The highest BCUT2D eigenvalue weighted by molar-refractivity contribution is 7.98. The van der Waals surface area contributed by atoms with Crippen LogP contribution in [-0.4, -0.2) is 17.2 Å². The number of thioether (sulfide) groups is 1. The molecule has 0 spiro atoms. The summed E-state index contributed by atoms with van der Waals surface area (Å²) in [6.07, 6.45) is 3.70. The van der Waals surface area contributed by atoms with E-state index in [9.17, 15) is 10.1 Å². The summed E-state index contributed by atoms with van der Waals surface area (Å²) in [5, 5.41) is 14.0. The SMILES string of the molecule is CCCCCSCc1ccc(NCC)c([N+](=O)[O-])c1. The minimum Gasteiger partial charge on any atom is -0.380 e. The first-order chi connectivity index (χ1) is 9.19. The Labute approximate surface area is 119 Å². The third kappa shape index (κ3) is 5.51. The fourth-order valence-electron chi connectivity index (χ4n) is 1.80. The Morgan fingerprint density at radius 3 is 2.74 bits per heavy atom. The molecule has 5 heteroatoms. The normalized spacial score (nSPS) is 10.4. The van der Waals surface area contributed by atoms with Crippen LogP contribution in [0.25, 0.3) is 0 Å². The number of rotatable bonds is 9. The number of hydrogen-bond acceptors (Lipinski definition) is 4. The van der Waals surface area contributed by atoms with Crippen molar-refractivity contribution in [1.29, 1.82) is 0 Å². The fourth-order valence-corrected chi connectivity index (χ4v) is 2.77. The molecule has 19 heavy (non-hydrogen) atoms. The molecule has 0 saturated carbocycles. The molecule has 0 bridgehead atoms. The molecule has 0 aliphatic rings. The van der Waals surface area contributed by atoms with E-state index in [2.05, 4.69) is 12.2 Å². The zero-order valence-corrected chi connectivity index (χ0v) is 12.5. The lowest BCUT2D eigenvalue weighted by molar-refractivity contribution is -0.384. The first-order valence-electron chi connectivity index (χ1n) is 6.78. The van der Waals surface area contributed by atoms with Crippen molar-refractivity contribution >= 4 is 23.1 Å². The molecule has 0 unspecified atom stereocenters. The first-order valence-corrected chi connectivity index (χ1v) is 7.93. The predicted molar refractivity (Wildman–Crippen MR) is 82.9 cm³/mol. The highest BCUT2D eigenvalue weighted by Gasteiger charge is 2.13. The van der Waals surface area contributed by atoms with Gasteiger partial charge in [0.25, 0.3) is 5.69 Å². The molecule has 0 atom stereocenters. The topological polar surface area (TPSA) is 55.2 Å². The smallest absolute Gasteiger partial charge is 0.292 e. The Balaban J connectivity index is 2.60. The minimum atomic E-state index is -0.316. The number of nitro groups is 1. The van der Waals surface area contributed by atoms with Crippen molar-refractivity contribution in [1.82, 2.24) is 0 Å². The lowest BCUT2D eigenvalue weighted by Crippen LogP contribution is -2.01. The van der Waals surface area contributed by atoms with Crippen molar-refractivity contribution in [3.8, 4) is 0 Å². The Morgan fingerprint density at radius 1 is 1.32 bits per heavy atom. The molecule has 0 fully saturated rings. The van der Waals surface area contributed by atoms with Crippen molar-refractivity contribution in [2.45, 2.75) is 38.9 Å². The zero-order valence-electron chi connectivity index (χ0n) is 11.6. The second-order valence-electron chi connectivity index (χ2n) is 4.40. The van der Waals surface area contributed by atoms with Gasteiger partial charge in [-0.25, -0.2) is 0 Å². The monoisotopic (exact) mass is 282 g/mol. The summed E-state index contributed by atoms with van der Waals surface area (Å²) in [4.78, 5) is 10.7. The molecule has 1 rings (SSSR count).